The zero-order chi connectivity index (χ0) is 26.9. The SMILES string of the molecule is COCCOC(=O)C1=C(C)NC(SCC(=O)Nc2ccc([N+](=O)[O-])cc2)=C(C#N)[C@@H]1c1ccc(Cl)cc1. The summed E-state index contributed by atoms with van der Waals surface area (Å²) in [4.78, 5) is 35.8. The Morgan fingerprint density at radius 1 is 1.19 bits per heavy atom. The van der Waals surface area contributed by atoms with Gasteiger partial charge in [0.05, 0.1) is 45.4 Å². The third-order valence-corrected chi connectivity index (χ3v) is 6.57. The second kappa shape index (κ2) is 12.9. The van der Waals surface area contributed by atoms with Crippen LogP contribution in [0.2, 0.25) is 5.02 Å². The van der Waals surface area contributed by atoms with Crippen LogP contribution in [0.4, 0.5) is 11.4 Å². The first-order valence-corrected chi connectivity index (χ1v) is 12.3. The van der Waals surface area contributed by atoms with Gasteiger partial charge in [-0.2, -0.15) is 5.26 Å². The van der Waals surface area contributed by atoms with Gasteiger partial charge in [-0.25, -0.2) is 4.79 Å². The second-order valence-corrected chi connectivity index (χ2v) is 9.19. The van der Waals surface area contributed by atoms with Gasteiger partial charge in [0.25, 0.3) is 5.69 Å². The van der Waals surface area contributed by atoms with Crippen LogP contribution in [-0.4, -0.2) is 42.9 Å². The standard InChI is InChI=1S/C25H23ClN4O6S/c1-15-22(25(32)36-12-11-35-2)23(16-3-5-17(26)6-4-16)20(13-27)24(28-15)37-14-21(31)29-18-7-9-19(10-8-18)30(33)34/h3-10,23,28H,11-12,14H2,1-2H3,(H,29,31)/t23-/m0/s1. The molecule has 0 unspecified atom stereocenters. The van der Waals surface area contributed by atoms with E-state index in [9.17, 15) is 25.0 Å². The molecular formula is C25H23ClN4O6S. The molecule has 2 aromatic carbocycles. The molecule has 2 N–H and O–H groups in total. The Morgan fingerprint density at radius 3 is 2.46 bits per heavy atom. The van der Waals surface area contributed by atoms with E-state index in [0.717, 1.165) is 11.8 Å². The number of carbonyl (C=O) groups is 2. The zero-order valence-corrected chi connectivity index (χ0v) is 21.5. The van der Waals surface area contributed by atoms with Crippen LogP contribution < -0.4 is 10.6 Å². The molecule has 0 bridgehead atoms. The molecule has 1 heterocycles. The first kappa shape index (κ1) is 27.7. The predicted octanol–water partition coefficient (Wildman–Crippen LogP) is 4.51. The number of rotatable bonds is 10. The minimum Gasteiger partial charge on any atom is -0.460 e. The lowest BCUT2D eigenvalue weighted by Crippen LogP contribution is -2.29. The smallest absolute Gasteiger partial charge is 0.336 e. The minimum atomic E-state index is -0.737. The minimum absolute atomic E-state index is 0.0511. The van der Waals surface area contributed by atoms with E-state index in [1.807, 2.05) is 0 Å². The van der Waals surface area contributed by atoms with Crippen molar-refractivity contribution in [1.29, 1.82) is 5.26 Å². The number of non-ortho nitro benzene ring substituents is 1. The zero-order valence-electron chi connectivity index (χ0n) is 19.9. The summed E-state index contributed by atoms with van der Waals surface area (Å²) in [7, 11) is 1.49. The number of thioether (sulfide) groups is 1. The van der Waals surface area contributed by atoms with Crippen LogP contribution >= 0.6 is 23.4 Å². The van der Waals surface area contributed by atoms with E-state index in [2.05, 4.69) is 16.7 Å². The van der Waals surface area contributed by atoms with Crippen molar-refractivity contribution < 1.29 is 24.0 Å². The van der Waals surface area contributed by atoms with Crippen molar-refractivity contribution in [3.63, 3.8) is 0 Å². The van der Waals surface area contributed by atoms with E-state index in [4.69, 9.17) is 21.1 Å². The van der Waals surface area contributed by atoms with Crippen molar-refractivity contribution in [3.8, 4) is 6.07 Å². The number of dihydropyridines is 1. The summed E-state index contributed by atoms with van der Waals surface area (Å²) in [6, 6.07) is 14.4. The number of esters is 1. The molecule has 0 fully saturated rings. The summed E-state index contributed by atoms with van der Waals surface area (Å²) in [5.41, 5.74) is 1.98. The number of allylic oxidation sites excluding steroid dienone is 2. The van der Waals surface area contributed by atoms with Gasteiger partial charge >= 0.3 is 5.97 Å². The second-order valence-electron chi connectivity index (χ2n) is 7.77. The molecule has 3 rings (SSSR count). The van der Waals surface area contributed by atoms with Crippen molar-refractivity contribution in [2.24, 2.45) is 0 Å². The van der Waals surface area contributed by atoms with Crippen LogP contribution in [0, 0.1) is 21.4 Å². The third-order valence-electron chi connectivity index (χ3n) is 5.30. The fraction of sp³-hybridized carbons (Fsp3) is 0.240. The van der Waals surface area contributed by atoms with Crippen molar-refractivity contribution >= 4 is 46.6 Å². The largest absolute Gasteiger partial charge is 0.460 e. The number of methoxy groups -OCH3 is 1. The number of nitrogens with zero attached hydrogens (tertiary/aromatic N) is 2. The van der Waals surface area contributed by atoms with Gasteiger partial charge in [0.1, 0.15) is 6.61 Å². The van der Waals surface area contributed by atoms with E-state index in [1.165, 1.54) is 31.4 Å². The van der Waals surface area contributed by atoms with Crippen LogP contribution in [0.1, 0.15) is 18.4 Å². The van der Waals surface area contributed by atoms with Gasteiger partial charge < -0.3 is 20.1 Å². The number of ether oxygens (including phenoxy) is 2. The Bertz CT molecular complexity index is 1290. The fourth-order valence-electron chi connectivity index (χ4n) is 3.58. The molecule has 12 heteroatoms. The summed E-state index contributed by atoms with van der Waals surface area (Å²) in [6.45, 7) is 1.97. The van der Waals surface area contributed by atoms with Crippen molar-refractivity contribution in [2.75, 3.05) is 31.4 Å². The highest BCUT2D eigenvalue weighted by Gasteiger charge is 2.35. The number of benzene rings is 2. The molecule has 0 radical (unpaired) electrons. The van der Waals surface area contributed by atoms with Gasteiger partial charge in [-0.05, 0) is 36.8 Å². The van der Waals surface area contributed by atoms with Crippen LogP contribution in [0.15, 0.2) is 70.4 Å². The average Bonchev–Trinajstić information content (AvgIpc) is 2.88. The van der Waals surface area contributed by atoms with E-state index < -0.39 is 16.8 Å². The number of halogens is 1. The number of amides is 1. The summed E-state index contributed by atoms with van der Waals surface area (Å²) < 4.78 is 10.3. The first-order chi connectivity index (χ1) is 17.7. The van der Waals surface area contributed by atoms with Gasteiger partial charge in [0.2, 0.25) is 5.91 Å². The lowest BCUT2D eigenvalue weighted by Gasteiger charge is -2.29. The maximum Gasteiger partial charge on any atom is 0.336 e. The van der Waals surface area contributed by atoms with Gasteiger partial charge in [0, 0.05) is 35.6 Å². The molecule has 0 aromatic heterocycles. The number of nitrogens with one attached hydrogen (secondary N) is 2. The Labute approximate surface area is 222 Å². The lowest BCUT2D eigenvalue weighted by molar-refractivity contribution is -0.384. The maximum atomic E-state index is 13.0. The third kappa shape index (κ3) is 7.10. The number of anilines is 1. The lowest BCUT2D eigenvalue weighted by atomic mass is 9.82. The number of nitro groups is 1. The normalized spacial score (nSPS) is 15.0. The number of carbonyl (C=O) groups excluding carboxylic acids is 2. The number of hydrogen-bond donors (Lipinski definition) is 2. The summed E-state index contributed by atoms with van der Waals surface area (Å²) in [5, 5.41) is 27.6. The highest BCUT2D eigenvalue weighted by atomic mass is 35.5. The summed E-state index contributed by atoms with van der Waals surface area (Å²) in [5.74, 6) is -1.76. The molecule has 10 nitrogen and oxygen atoms in total. The van der Waals surface area contributed by atoms with Gasteiger partial charge in [-0.3, -0.25) is 14.9 Å². The Hall–Kier alpha value is -3.85. The predicted molar refractivity (Wildman–Crippen MR) is 140 cm³/mol. The van der Waals surface area contributed by atoms with Crippen molar-refractivity contribution in [2.45, 2.75) is 12.8 Å². The molecule has 1 amide bonds. The quantitative estimate of drug-likeness (QED) is 0.192. The first-order valence-electron chi connectivity index (χ1n) is 11.0. The molecule has 1 atom stereocenters. The molecular weight excluding hydrogens is 520 g/mol. The monoisotopic (exact) mass is 542 g/mol. The Morgan fingerprint density at radius 2 is 1.86 bits per heavy atom. The van der Waals surface area contributed by atoms with Crippen molar-refractivity contribution in [1.82, 2.24) is 5.32 Å². The van der Waals surface area contributed by atoms with Crippen LogP contribution in [0.5, 0.6) is 0 Å². The molecule has 2 aromatic rings. The number of nitro benzene ring substituents is 1. The van der Waals surface area contributed by atoms with E-state index >= 15 is 0 Å². The molecule has 0 saturated carbocycles. The Kier molecular flexibility index (Phi) is 9.68. The van der Waals surface area contributed by atoms with Crippen molar-refractivity contribution in [3.05, 3.63) is 91.1 Å². The van der Waals surface area contributed by atoms with E-state index in [1.54, 1.807) is 31.2 Å². The molecule has 192 valence electrons. The number of hydrogen-bond acceptors (Lipinski definition) is 9. The Balaban J connectivity index is 1.84. The number of nitriles is 1. The van der Waals surface area contributed by atoms with E-state index in [0.29, 0.717) is 27.0 Å². The molecule has 0 spiro atoms. The maximum absolute atomic E-state index is 13.0. The molecule has 0 aliphatic carbocycles. The van der Waals surface area contributed by atoms with Gasteiger partial charge in [-0.15, -0.1) is 0 Å². The molecule has 1 aliphatic heterocycles. The van der Waals surface area contributed by atoms with Gasteiger partial charge in [0.15, 0.2) is 0 Å². The molecule has 37 heavy (non-hydrogen) atoms. The van der Waals surface area contributed by atoms with Crippen LogP contribution in [0.25, 0.3) is 0 Å². The van der Waals surface area contributed by atoms with Gasteiger partial charge in [-0.1, -0.05) is 35.5 Å². The van der Waals surface area contributed by atoms with Crippen LogP contribution in [-0.2, 0) is 19.1 Å². The molecule has 0 saturated heterocycles. The molecule has 1 aliphatic rings. The highest BCUT2D eigenvalue weighted by Crippen LogP contribution is 2.41. The topological polar surface area (TPSA) is 144 Å². The summed E-state index contributed by atoms with van der Waals surface area (Å²) in [6.07, 6.45) is 0. The van der Waals surface area contributed by atoms with E-state index in [-0.39, 0.29) is 41.7 Å². The average molecular weight is 543 g/mol. The highest BCUT2D eigenvalue weighted by molar-refractivity contribution is 8.03. The summed E-state index contributed by atoms with van der Waals surface area (Å²) >= 11 is 7.15. The van der Waals surface area contributed by atoms with Crippen LogP contribution in [0.3, 0.4) is 0 Å². The fourth-order valence-corrected chi connectivity index (χ4v) is 4.60.